The van der Waals surface area contributed by atoms with Crippen LogP contribution in [0.2, 0.25) is 0 Å². The van der Waals surface area contributed by atoms with Crippen molar-refractivity contribution in [1.29, 1.82) is 0 Å². The lowest BCUT2D eigenvalue weighted by Crippen LogP contribution is -2.30. The van der Waals surface area contributed by atoms with Gasteiger partial charge in [0.05, 0.1) is 12.7 Å². The molecular weight excluding hydrogens is 228 g/mol. The summed E-state index contributed by atoms with van der Waals surface area (Å²) in [6, 6.07) is 5.04. The van der Waals surface area contributed by atoms with Crippen molar-refractivity contribution < 1.29 is 9.53 Å². The summed E-state index contributed by atoms with van der Waals surface area (Å²) in [5.74, 6) is 1.36. The zero-order valence-electron chi connectivity index (χ0n) is 11.5. The molecule has 0 saturated carbocycles. The van der Waals surface area contributed by atoms with E-state index in [-0.39, 0.29) is 5.91 Å². The van der Waals surface area contributed by atoms with Crippen LogP contribution in [0.5, 0.6) is 5.75 Å². The van der Waals surface area contributed by atoms with Gasteiger partial charge in [-0.15, -0.1) is 0 Å². The van der Waals surface area contributed by atoms with Crippen molar-refractivity contribution in [3.05, 3.63) is 23.8 Å². The van der Waals surface area contributed by atoms with Crippen LogP contribution in [-0.4, -0.2) is 19.6 Å². The Morgan fingerprint density at radius 1 is 1.39 bits per heavy atom. The molecule has 0 aromatic heterocycles. The van der Waals surface area contributed by atoms with Gasteiger partial charge in [0.2, 0.25) is 0 Å². The molecule has 0 saturated heterocycles. The number of hydrogen-bond acceptors (Lipinski definition) is 3. The minimum atomic E-state index is -0.126. The van der Waals surface area contributed by atoms with Gasteiger partial charge in [-0.2, -0.15) is 0 Å². The lowest BCUT2D eigenvalue weighted by molar-refractivity contribution is 0.0942. The quantitative estimate of drug-likeness (QED) is 0.788. The molecule has 1 aromatic carbocycles. The van der Waals surface area contributed by atoms with Crippen molar-refractivity contribution in [2.24, 2.45) is 11.8 Å². The average Bonchev–Trinajstić information content (AvgIpc) is 2.34. The summed E-state index contributed by atoms with van der Waals surface area (Å²) in [6.45, 7) is 7.05. The molecule has 0 aliphatic carbocycles. The van der Waals surface area contributed by atoms with Crippen molar-refractivity contribution in [1.82, 2.24) is 5.32 Å². The molecule has 4 heteroatoms. The van der Waals surface area contributed by atoms with Crippen LogP contribution in [0.1, 0.15) is 31.1 Å². The highest BCUT2D eigenvalue weighted by atomic mass is 16.5. The summed E-state index contributed by atoms with van der Waals surface area (Å²) >= 11 is 0. The van der Waals surface area contributed by atoms with Crippen molar-refractivity contribution in [3.8, 4) is 5.75 Å². The molecule has 1 rings (SSSR count). The number of methoxy groups -OCH3 is 1. The summed E-state index contributed by atoms with van der Waals surface area (Å²) < 4.78 is 5.16. The van der Waals surface area contributed by atoms with E-state index in [1.165, 1.54) is 7.11 Å². The number of rotatable bonds is 5. The molecule has 18 heavy (non-hydrogen) atoms. The molecule has 0 spiro atoms. The minimum Gasteiger partial charge on any atom is -0.496 e. The number of anilines is 1. The van der Waals surface area contributed by atoms with Crippen LogP contribution in [0.25, 0.3) is 0 Å². The first-order valence-corrected chi connectivity index (χ1v) is 6.17. The monoisotopic (exact) mass is 250 g/mol. The summed E-state index contributed by atoms with van der Waals surface area (Å²) in [7, 11) is 1.53. The maximum absolute atomic E-state index is 12.0. The number of nitrogens with one attached hydrogen (secondary N) is 1. The van der Waals surface area contributed by atoms with Gasteiger partial charge in [-0.3, -0.25) is 4.79 Å². The first kappa shape index (κ1) is 14.4. The molecule has 100 valence electrons. The number of carbonyl (C=O) groups excluding carboxylic acids is 1. The van der Waals surface area contributed by atoms with Gasteiger partial charge in [0.15, 0.2) is 0 Å². The Morgan fingerprint density at radius 2 is 2.06 bits per heavy atom. The molecule has 4 nitrogen and oxygen atoms in total. The zero-order valence-corrected chi connectivity index (χ0v) is 11.5. The molecule has 1 unspecified atom stereocenters. The number of ether oxygens (including phenoxy) is 1. The Balaban J connectivity index is 2.72. The van der Waals surface area contributed by atoms with Crippen LogP contribution in [0, 0.1) is 11.8 Å². The Labute approximate surface area is 109 Å². The Morgan fingerprint density at radius 3 is 2.61 bits per heavy atom. The lowest BCUT2D eigenvalue weighted by atomic mass is 9.98. The summed E-state index contributed by atoms with van der Waals surface area (Å²) in [6.07, 6.45) is 0. The van der Waals surface area contributed by atoms with Crippen LogP contribution in [0.4, 0.5) is 5.69 Å². The normalized spacial score (nSPS) is 12.3. The molecule has 0 aliphatic rings. The van der Waals surface area contributed by atoms with Crippen LogP contribution < -0.4 is 15.8 Å². The lowest BCUT2D eigenvalue weighted by Gasteiger charge is -2.16. The number of carbonyl (C=O) groups is 1. The van der Waals surface area contributed by atoms with Crippen LogP contribution in [-0.2, 0) is 0 Å². The third-order valence-corrected chi connectivity index (χ3v) is 3.19. The Hall–Kier alpha value is -1.71. The molecule has 1 amide bonds. The van der Waals surface area contributed by atoms with E-state index in [1.807, 2.05) is 0 Å². The maximum atomic E-state index is 12.0. The van der Waals surface area contributed by atoms with Crippen molar-refractivity contribution in [2.75, 3.05) is 19.4 Å². The predicted octanol–water partition coefficient (Wildman–Crippen LogP) is 2.30. The van der Waals surface area contributed by atoms with Crippen LogP contribution in [0.3, 0.4) is 0 Å². The molecule has 0 bridgehead atoms. The van der Waals surface area contributed by atoms with E-state index in [0.29, 0.717) is 35.4 Å². The molecular formula is C14H22N2O2. The average molecular weight is 250 g/mol. The highest BCUT2D eigenvalue weighted by Crippen LogP contribution is 2.21. The molecule has 0 radical (unpaired) electrons. The van der Waals surface area contributed by atoms with Crippen molar-refractivity contribution >= 4 is 11.6 Å². The summed E-state index contributed by atoms with van der Waals surface area (Å²) in [4.78, 5) is 12.0. The van der Waals surface area contributed by atoms with Gasteiger partial charge in [0.1, 0.15) is 5.75 Å². The van der Waals surface area contributed by atoms with Gasteiger partial charge in [-0.1, -0.05) is 20.8 Å². The number of nitrogen functional groups attached to an aromatic ring is 1. The second-order valence-corrected chi connectivity index (χ2v) is 4.89. The molecule has 1 atom stereocenters. The fourth-order valence-electron chi connectivity index (χ4n) is 1.48. The highest BCUT2D eigenvalue weighted by Gasteiger charge is 2.14. The summed E-state index contributed by atoms with van der Waals surface area (Å²) in [5, 5.41) is 2.91. The van der Waals surface area contributed by atoms with E-state index < -0.39 is 0 Å². The number of benzene rings is 1. The third kappa shape index (κ3) is 3.65. The van der Waals surface area contributed by atoms with Gasteiger partial charge in [-0.05, 0) is 24.0 Å². The largest absolute Gasteiger partial charge is 0.496 e. The predicted molar refractivity (Wildman–Crippen MR) is 73.7 cm³/mol. The molecule has 1 aromatic rings. The topological polar surface area (TPSA) is 64.3 Å². The molecule has 3 N–H and O–H groups in total. The zero-order chi connectivity index (χ0) is 13.7. The smallest absolute Gasteiger partial charge is 0.255 e. The van der Waals surface area contributed by atoms with Crippen molar-refractivity contribution in [3.63, 3.8) is 0 Å². The fraction of sp³-hybridized carbons (Fsp3) is 0.500. The van der Waals surface area contributed by atoms with E-state index in [0.717, 1.165) is 0 Å². The van der Waals surface area contributed by atoms with Crippen molar-refractivity contribution in [2.45, 2.75) is 20.8 Å². The highest BCUT2D eigenvalue weighted by molar-refractivity contribution is 5.97. The molecule has 0 fully saturated rings. The van der Waals surface area contributed by atoms with E-state index in [1.54, 1.807) is 18.2 Å². The maximum Gasteiger partial charge on any atom is 0.255 e. The standard InChI is InChI=1S/C14H22N2O2/c1-9(2)10(3)8-16-14(17)12-6-5-11(15)7-13(12)18-4/h5-7,9-10H,8,15H2,1-4H3,(H,16,17). The van der Waals surface area contributed by atoms with E-state index in [2.05, 4.69) is 26.1 Å². The van der Waals surface area contributed by atoms with Gasteiger partial charge < -0.3 is 15.8 Å². The van der Waals surface area contributed by atoms with Crippen LogP contribution >= 0.6 is 0 Å². The second kappa shape index (κ2) is 6.28. The van der Waals surface area contributed by atoms with Gasteiger partial charge in [0.25, 0.3) is 5.91 Å². The summed E-state index contributed by atoms with van der Waals surface area (Å²) in [5.41, 5.74) is 6.75. The molecule has 0 heterocycles. The first-order chi connectivity index (χ1) is 8.45. The number of hydrogen-bond donors (Lipinski definition) is 2. The fourth-order valence-corrected chi connectivity index (χ4v) is 1.48. The van der Waals surface area contributed by atoms with E-state index >= 15 is 0 Å². The van der Waals surface area contributed by atoms with Gasteiger partial charge in [-0.25, -0.2) is 0 Å². The van der Waals surface area contributed by atoms with E-state index in [9.17, 15) is 4.79 Å². The van der Waals surface area contributed by atoms with Crippen LogP contribution in [0.15, 0.2) is 18.2 Å². The Kier molecular flexibility index (Phi) is 5.01. The SMILES string of the molecule is COc1cc(N)ccc1C(=O)NCC(C)C(C)C. The first-order valence-electron chi connectivity index (χ1n) is 6.17. The second-order valence-electron chi connectivity index (χ2n) is 4.89. The number of nitrogens with two attached hydrogens (primary N) is 1. The molecule has 0 aliphatic heterocycles. The van der Waals surface area contributed by atoms with Gasteiger partial charge in [0, 0.05) is 18.3 Å². The van der Waals surface area contributed by atoms with E-state index in [4.69, 9.17) is 10.5 Å². The Bertz CT molecular complexity index is 416. The van der Waals surface area contributed by atoms with Gasteiger partial charge >= 0.3 is 0 Å². The number of amides is 1. The third-order valence-electron chi connectivity index (χ3n) is 3.19. The minimum absolute atomic E-state index is 0.126.